The molecule has 0 fully saturated rings. The summed E-state index contributed by atoms with van der Waals surface area (Å²) in [4.78, 5) is 0. The molecule has 0 amide bonds. The van der Waals surface area contributed by atoms with E-state index in [0.29, 0.717) is 32.3 Å². The molecule has 136 valence electrons. The fraction of sp³-hybridized carbons (Fsp3) is 0.429. The van der Waals surface area contributed by atoms with E-state index in [2.05, 4.69) is 19.9 Å². The molecular formula is C21H29NO3. The molecule has 0 unspecified atom stereocenters. The van der Waals surface area contributed by atoms with Crippen LogP contribution in [0.15, 0.2) is 42.5 Å². The normalized spacial score (nSPS) is 10.8. The van der Waals surface area contributed by atoms with Crippen molar-refractivity contribution >= 4 is 0 Å². The Morgan fingerprint density at radius 3 is 2.28 bits per heavy atom. The third-order valence-electron chi connectivity index (χ3n) is 3.88. The van der Waals surface area contributed by atoms with Crippen molar-refractivity contribution in [3.8, 4) is 17.2 Å². The second-order valence-corrected chi connectivity index (χ2v) is 6.14. The van der Waals surface area contributed by atoms with E-state index < -0.39 is 0 Å². The molecule has 0 spiro atoms. The van der Waals surface area contributed by atoms with E-state index in [1.165, 1.54) is 5.56 Å². The number of hydrogen-bond donors (Lipinski definition) is 1. The van der Waals surface area contributed by atoms with E-state index in [4.69, 9.17) is 19.9 Å². The molecule has 0 radical (unpaired) electrons. The Morgan fingerprint density at radius 1 is 0.880 bits per heavy atom. The van der Waals surface area contributed by atoms with Crippen LogP contribution in [0, 0.1) is 0 Å². The zero-order chi connectivity index (χ0) is 18.1. The molecule has 4 heteroatoms. The van der Waals surface area contributed by atoms with Crippen molar-refractivity contribution in [1.82, 2.24) is 0 Å². The fourth-order valence-corrected chi connectivity index (χ4v) is 2.65. The van der Waals surface area contributed by atoms with Crippen LogP contribution < -0.4 is 19.9 Å². The van der Waals surface area contributed by atoms with Crippen LogP contribution in [0.25, 0.3) is 0 Å². The van der Waals surface area contributed by atoms with Gasteiger partial charge in [-0.25, -0.2) is 0 Å². The van der Waals surface area contributed by atoms with Gasteiger partial charge in [0.2, 0.25) is 0 Å². The molecule has 0 saturated carbocycles. The van der Waals surface area contributed by atoms with Crippen LogP contribution in [-0.4, -0.2) is 26.4 Å². The molecule has 2 aromatic rings. The topological polar surface area (TPSA) is 53.7 Å². The van der Waals surface area contributed by atoms with Gasteiger partial charge in [0.15, 0.2) is 11.5 Å². The molecule has 0 aliphatic rings. The molecule has 0 saturated heterocycles. The molecule has 0 bridgehead atoms. The molecule has 0 heterocycles. The van der Waals surface area contributed by atoms with Crippen molar-refractivity contribution in [3.05, 3.63) is 53.6 Å². The number of para-hydroxylation sites is 1. The number of rotatable bonds is 10. The van der Waals surface area contributed by atoms with Gasteiger partial charge in [0.05, 0.1) is 6.61 Å². The Morgan fingerprint density at radius 2 is 1.60 bits per heavy atom. The molecule has 2 aromatic carbocycles. The van der Waals surface area contributed by atoms with Crippen LogP contribution in [-0.2, 0) is 6.42 Å². The lowest BCUT2D eigenvalue weighted by molar-refractivity contribution is 0.207. The lowest BCUT2D eigenvalue weighted by Gasteiger charge is -2.16. The monoisotopic (exact) mass is 343 g/mol. The number of hydrogen-bond acceptors (Lipinski definition) is 4. The standard InChI is InChI=1S/C21H29NO3/c1-4-23-21-15-17(11-12-22)9-10-20(21)25-14-13-24-19-8-6-5-7-18(19)16(2)3/h5-10,15-16H,4,11-14,22H2,1-3H3. The maximum atomic E-state index is 5.90. The van der Waals surface area contributed by atoms with Crippen molar-refractivity contribution < 1.29 is 14.2 Å². The number of ether oxygens (including phenoxy) is 3. The summed E-state index contributed by atoms with van der Waals surface area (Å²) in [6.07, 6.45) is 0.829. The van der Waals surface area contributed by atoms with E-state index in [1.54, 1.807) is 0 Å². The minimum Gasteiger partial charge on any atom is -0.490 e. The molecule has 4 nitrogen and oxygen atoms in total. The van der Waals surface area contributed by atoms with Gasteiger partial charge in [0.1, 0.15) is 19.0 Å². The molecule has 2 rings (SSSR count). The van der Waals surface area contributed by atoms with Gasteiger partial charge in [-0.2, -0.15) is 0 Å². The smallest absolute Gasteiger partial charge is 0.161 e. The van der Waals surface area contributed by atoms with Crippen LogP contribution in [0.4, 0.5) is 0 Å². The van der Waals surface area contributed by atoms with E-state index in [9.17, 15) is 0 Å². The van der Waals surface area contributed by atoms with Crippen LogP contribution >= 0.6 is 0 Å². The summed E-state index contributed by atoms with van der Waals surface area (Å²) in [6.45, 7) is 8.45. The van der Waals surface area contributed by atoms with Crippen molar-refractivity contribution in [2.45, 2.75) is 33.1 Å². The van der Waals surface area contributed by atoms with Crippen molar-refractivity contribution in [1.29, 1.82) is 0 Å². The van der Waals surface area contributed by atoms with Gasteiger partial charge in [-0.1, -0.05) is 38.1 Å². The Bertz CT molecular complexity index is 655. The summed E-state index contributed by atoms with van der Waals surface area (Å²) in [5.41, 5.74) is 7.99. The van der Waals surface area contributed by atoms with Crippen molar-refractivity contribution in [2.24, 2.45) is 5.73 Å². The number of benzene rings is 2. The van der Waals surface area contributed by atoms with E-state index >= 15 is 0 Å². The van der Waals surface area contributed by atoms with E-state index in [0.717, 1.165) is 29.2 Å². The lowest BCUT2D eigenvalue weighted by Crippen LogP contribution is -2.11. The SMILES string of the molecule is CCOc1cc(CCN)ccc1OCCOc1ccccc1C(C)C. The minimum atomic E-state index is 0.428. The highest BCUT2D eigenvalue weighted by Crippen LogP contribution is 2.29. The van der Waals surface area contributed by atoms with Crippen LogP contribution in [0.2, 0.25) is 0 Å². The van der Waals surface area contributed by atoms with Gasteiger partial charge in [-0.3, -0.25) is 0 Å². The summed E-state index contributed by atoms with van der Waals surface area (Å²) in [6, 6.07) is 14.1. The molecule has 0 atom stereocenters. The lowest BCUT2D eigenvalue weighted by atomic mass is 10.0. The van der Waals surface area contributed by atoms with Gasteiger partial charge in [-0.05, 0) is 55.1 Å². The second-order valence-electron chi connectivity index (χ2n) is 6.14. The van der Waals surface area contributed by atoms with E-state index in [-0.39, 0.29) is 0 Å². The molecule has 0 aromatic heterocycles. The van der Waals surface area contributed by atoms with Gasteiger partial charge in [0, 0.05) is 0 Å². The zero-order valence-corrected chi connectivity index (χ0v) is 15.5. The third kappa shape index (κ3) is 5.68. The molecule has 2 N–H and O–H groups in total. The van der Waals surface area contributed by atoms with Gasteiger partial charge >= 0.3 is 0 Å². The average Bonchev–Trinajstić information content (AvgIpc) is 2.61. The molecule has 25 heavy (non-hydrogen) atoms. The zero-order valence-electron chi connectivity index (χ0n) is 15.5. The van der Waals surface area contributed by atoms with Gasteiger partial charge in [-0.15, -0.1) is 0 Å². The van der Waals surface area contributed by atoms with Crippen LogP contribution in [0.1, 0.15) is 37.8 Å². The predicted octanol–water partition coefficient (Wildman–Crippen LogP) is 4.17. The van der Waals surface area contributed by atoms with Gasteiger partial charge < -0.3 is 19.9 Å². The maximum Gasteiger partial charge on any atom is 0.161 e. The first-order valence-electron chi connectivity index (χ1n) is 8.96. The highest BCUT2D eigenvalue weighted by atomic mass is 16.5. The highest BCUT2D eigenvalue weighted by Gasteiger charge is 2.09. The number of nitrogens with two attached hydrogens (primary N) is 1. The summed E-state index contributed by atoms with van der Waals surface area (Å²) >= 11 is 0. The Balaban J connectivity index is 1.93. The quantitative estimate of drug-likeness (QED) is 0.658. The predicted molar refractivity (Wildman–Crippen MR) is 102 cm³/mol. The first-order valence-corrected chi connectivity index (χ1v) is 8.96. The Kier molecular flexibility index (Phi) is 7.61. The van der Waals surface area contributed by atoms with Crippen molar-refractivity contribution in [3.63, 3.8) is 0 Å². The van der Waals surface area contributed by atoms with E-state index in [1.807, 2.05) is 43.3 Å². The minimum absolute atomic E-state index is 0.428. The second kappa shape index (κ2) is 9.94. The summed E-state index contributed by atoms with van der Waals surface area (Å²) in [5.74, 6) is 2.85. The Hall–Kier alpha value is -2.20. The maximum absolute atomic E-state index is 5.90. The molecule has 0 aliphatic carbocycles. The fourth-order valence-electron chi connectivity index (χ4n) is 2.65. The first kappa shape index (κ1) is 19.1. The Labute approximate surface area is 150 Å². The van der Waals surface area contributed by atoms with Crippen LogP contribution in [0.3, 0.4) is 0 Å². The van der Waals surface area contributed by atoms with Crippen molar-refractivity contribution in [2.75, 3.05) is 26.4 Å². The molecular weight excluding hydrogens is 314 g/mol. The van der Waals surface area contributed by atoms with Gasteiger partial charge in [0.25, 0.3) is 0 Å². The first-order chi connectivity index (χ1) is 12.2. The third-order valence-corrected chi connectivity index (χ3v) is 3.88. The largest absolute Gasteiger partial charge is 0.490 e. The summed E-state index contributed by atoms with van der Waals surface area (Å²) in [7, 11) is 0. The molecule has 0 aliphatic heterocycles. The summed E-state index contributed by atoms with van der Waals surface area (Å²) in [5, 5.41) is 0. The average molecular weight is 343 g/mol. The van der Waals surface area contributed by atoms with Crippen LogP contribution in [0.5, 0.6) is 17.2 Å². The highest BCUT2D eigenvalue weighted by molar-refractivity contribution is 5.43. The summed E-state index contributed by atoms with van der Waals surface area (Å²) < 4.78 is 17.4.